The van der Waals surface area contributed by atoms with Crippen molar-refractivity contribution in [1.82, 2.24) is 0 Å². The highest BCUT2D eigenvalue weighted by atomic mass is 35.5. The number of carbonyl (C=O) groups is 1. The summed E-state index contributed by atoms with van der Waals surface area (Å²) in [6.07, 6.45) is 0. The molecule has 0 bridgehead atoms. The Bertz CT molecular complexity index is 625. The highest BCUT2D eigenvalue weighted by molar-refractivity contribution is 7.15. The molecule has 2 N–H and O–H groups in total. The lowest BCUT2D eigenvalue weighted by atomic mass is 10.0. The average molecular weight is 316 g/mol. The molecule has 100 valence electrons. The topological polar surface area (TPSA) is 52.3 Å². The molecule has 2 aromatic rings. The Labute approximate surface area is 124 Å². The number of anilines is 1. The van der Waals surface area contributed by atoms with Gasteiger partial charge in [0, 0.05) is 16.5 Å². The molecule has 0 atom stereocenters. The number of benzene rings is 1. The third kappa shape index (κ3) is 2.71. The number of halogens is 2. The minimum Gasteiger partial charge on any atom is -0.462 e. The van der Waals surface area contributed by atoms with Gasteiger partial charge in [-0.15, -0.1) is 11.3 Å². The zero-order chi connectivity index (χ0) is 14.0. The Kier molecular flexibility index (Phi) is 4.34. The highest BCUT2D eigenvalue weighted by Gasteiger charge is 2.21. The van der Waals surface area contributed by atoms with Gasteiger partial charge in [-0.2, -0.15) is 0 Å². The Morgan fingerprint density at radius 1 is 1.37 bits per heavy atom. The fraction of sp³-hybridized carbons (Fsp3) is 0.154. The number of carbonyl (C=O) groups excluding carboxylic acids is 1. The van der Waals surface area contributed by atoms with E-state index in [1.807, 2.05) is 0 Å². The number of rotatable bonds is 3. The second kappa shape index (κ2) is 5.82. The van der Waals surface area contributed by atoms with Crippen LogP contribution in [0.2, 0.25) is 10.0 Å². The first-order valence-corrected chi connectivity index (χ1v) is 7.18. The standard InChI is InChI=1S/C13H11Cl2NO2S/c1-2-18-13(17)10-8(6-19-12(10)16)7-4-3-5-9(14)11(7)15/h3-6H,2,16H2,1H3. The number of thiophene rings is 1. The van der Waals surface area contributed by atoms with E-state index in [2.05, 4.69) is 0 Å². The van der Waals surface area contributed by atoms with Crippen molar-refractivity contribution in [3.05, 3.63) is 39.2 Å². The van der Waals surface area contributed by atoms with Gasteiger partial charge < -0.3 is 10.5 Å². The van der Waals surface area contributed by atoms with Crippen LogP contribution in [0.3, 0.4) is 0 Å². The maximum Gasteiger partial charge on any atom is 0.341 e. The van der Waals surface area contributed by atoms with Crippen molar-refractivity contribution in [2.45, 2.75) is 6.92 Å². The maximum absolute atomic E-state index is 11.9. The molecule has 0 aliphatic carbocycles. The molecule has 0 spiro atoms. The van der Waals surface area contributed by atoms with E-state index >= 15 is 0 Å². The minimum absolute atomic E-state index is 0.289. The number of hydrogen-bond donors (Lipinski definition) is 1. The van der Waals surface area contributed by atoms with Gasteiger partial charge in [-0.1, -0.05) is 35.3 Å². The molecule has 2 rings (SSSR count). The van der Waals surface area contributed by atoms with Crippen molar-refractivity contribution in [3.63, 3.8) is 0 Å². The molecule has 1 aromatic heterocycles. The van der Waals surface area contributed by atoms with Gasteiger partial charge in [0.15, 0.2) is 0 Å². The summed E-state index contributed by atoms with van der Waals surface area (Å²) >= 11 is 13.4. The number of nitrogen functional groups attached to an aromatic ring is 1. The summed E-state index contributed by atoms with van der Waals surface area (Å²) in [7, 11) is 0. The van der Waals surface area contributed by atoms with Crippen molar-refractivity contribution in [2.75, 3.05) is 12.3 Å². The predicted octanol–water partition coefficient (Wildman–Crippen LogP) is 4.48. The second-order valence-electron chi connectivity index (χ2n) is 3.71. The smallest absolute Gasteiger partial charge is 0.341 e. The quantitative estimate of drug-likeness (QED) is 0.849. The van der Waals surface area contributed by atoms with Crippen molar-refractivity contribution in [1.29, 1.82) is 0 Å². The molecule has 0 amide bonds. The van der Waals surface area contributed by atoms with Gasteiger partial charge in [0.05, 0.1) is 16.7 Å². The molecule has 6 heteroatoms. The number of esters is 1. The highest BCUT2D eigenvalue weighted by Crippen LogP contribution is 2.40. The molecule has 0 aliphatic heterocycles. The van der Waals surface area contributed by atoms with Crippen molar-refractivity contribution in [3.8, 4) is 11.1 Å². The number of nitrogens with two attached hydrogens (primary N) is 1. The van der Waals surface area contributed by atoms with Gasteiger partial charge in [0.25, 0.3) is 0 Å². The second-order valence-corrected chi connectivity index (χ2v) is 5.41. The van der Waals surface area contributed by atoms with E-state index in [-0.39, 0.29) is 6.61 Å². The van der Waals surface area contributed by atoms with Gasteiger partial charge in [0.1, 0.15) is 10.6 Å². The monoisotopic (exact) mass is 315 g/mol. The van der Waals surface area contributed by atoms with Crippen LogP contribution in [0.15, 0.2) is 23.6 Å². The van der Waals surface area contributed by atoms with Crippen LogP contribution < -0.4 is 5.73 Å². The molecular weight excluding hydrogens is 305 g/mol. The van der Waals surface area contributed by atoms with Crippen molar-refractivity contribution >= 4 is 45.5 Å². The molecule has 1 aromatic carbocycles. The van der Waals surface area contributed by atoms with E-state index < -0.39 is 5.97 Å². The maximum atomic E-state index is 11.9. The van der Waals surface area contributed by atoms with E-state index in [9.17, 15) is 4.79 Å². The first-order chi connectivity index (χ1) is 9.06. The third-order valence-corrected chi connectivity index (χ3v) is 4.17. The Hall–Kier alpha value is -1.23. The first kappa shape index (κ1) is 14.2. The fourth-order valence-corrected chi connectivity index (χ4v) is 2.90. The molecule has 19 heavy (non-hydrogen) atoms. The summed E-state index contributed by atoms with van der Waals surface area (Å²) in [5, 5.41) is 3.01. The summed E-state index contributed by atoms with van der Waals surface area (Å²) in [6, 6.07) is 5.25. The van der Waals surface area contributed by atoms with Crippen LogP contribution in [0, 0.1) is 0 Å². The van der Waals surface area contributed by atoms with E-state index in [0.29, 0.717) is 31.7 Å². The lowest BCUT2D eigenvalue weighted by Crippen LogP contribution is -2.07. The Morgan fingerprint density at radius 2 is 2.11 bits per heavy atom. The van der Waals surface area contributed by atoms with E-state index in [4.69, 9.17) is 33.7 Å². The van der Waals surface area contributed by atoms with Crippen LogP contribution in [0.4, 0.5) is 5.00 Å². The normalized spacial score (nSPS) is 10.5. The molecule has 0 unspecified atom stereocenters. The van der Waals surface area contributed by atoms with E-state index in [1.165, 1.54) is 11.3 Å². The van der Waals surface area contributed by atoms with Crippen LogP contribution >= 0.6 is 34.5 Å². The molecule has 0 radical (unpaired) electrons. The fourth-order valence-electron chi connectivity index (χ4n) is 1.70. The summed E-state index contributed by atoms with van der Waals surface area (Å²) in [6.45, 7) is 2.03. The summed E-state index contributed by atoms with van der Waals surface area (Å²) in [5.41, 5.74) is 7.50. The minimum atomic E-state index is -0.452. The van der Waals surface area contributed by atoms with Crippen LogP contribution in [-0.4, -0.2) is 12.6 Å². The summed E-state index contributed by atoms with van der Waals surface area (Å²) in [5.74, 6) is -0.452. The van der Waals surface area contributed by atoms with Crippen LogP contribution in [0.25, 0.3) is 11.1 Å². The molecule has 0 aliphatic rings. The van der Waals surface area contributed by atoms with Gasteiger partial charge in [-0.3, -0.25) is 0 Å². The average Bonchev–Trinajstić information content (AvgIpc) is 2.75. The SMILES string of the molecule is CCOC(=O)c1c(-c2cccc(Cl)c2Cl)csc1N. The van der Waals surface area contributed by atoms with Crippen LogP contribution in [0.5, 0.6) is 0 Å². The largest absolute Gasteiger partial charge is 0.462 e. The Morgan fingerprint density at radius 3 is 2.79 bits per heavy atom. The van der Waals surface area contributed by atoms with Crippen molar-refractivity contribution in [2.24, 2.45) is 0 Å². The van der Waals surface area contributed by atoms with Gasteiger partial charge in [-0.05, 0) is 13.0 Å². The zero-order valence-electron chi connectivity index (χ0n) is 10.1. The Balaban J connectivity index is 2.57. The van der Waals surface area contributed by atoms with Crippen LogP contribution in [-0.2, 0) is 4.74 Å². The third-order valence-electron chi connectivity index (χ3n) is 2.54. The van der Waals surface area contributed by atoms with E-state index in [0.717, 1.165) is 0 Å². The molecule has 0 saturated heterocycles. The van der Waals surface area contributed by atoms with Gasteiger partial charge >= 0.3 is 5.97 Å². The summed E-state index contributed by atoms with van der Waals surface area (Å²) < 4.78 is 5.01. The predicted molar refractivity (Wildman–Crippen MR) is 80.1 cm³/mol. The molecule has 1 heterocycles. The van der Waals surface area contributed by atoms with Crippen LogP contribution in [0.1, 0.15) is 17.3 Å². The number of hydrogen-bond acceptors (Lipinski definition) is 4. The molecule has 3 nitrogen and oxygen atoms in total. The van der Waals surface area contributed by atoms with Gasteiger partial charge in [-0.25, -0.2) is 4.79 Å². The summed E-state index contributed by atoms with van der Waals surface area (Å²) in [4.78, 5) is 11.9. The van der Waals surface area contributed by atoms with Gasteiger partial charge in [0.2, 0.25) is 0 Å². The molecule has 0 saturated carbocycles. The number of ether oxygens (including phenoxy) is 1. The first-order valence-electron chi connectivity index (χ1n) is 5.54. The zero-order valence-corrected chi connectivity index (χ0v) is 12.4. The van der Waals surface area contributed by atoms with E-state index in [1.54, 1.807) is 30.5 Å². The van der Waals surface area contributed by atoms with Crippen molar-refractivity contribution < 1.29 is 9.53 Å². The lowest BCUT2D eigenvalue weighted by Gasteiger charge is -2.08. The lowest BCUT2D eigenvalue weighted by molar-refractivity contribution is 0.0529. The molecular formula is C13H11Cl2NO2S. The molecule has 0 fully saturated rings.